The first-order valence-electron chi connectivity index (χ1n) is 12.0. The molecule has 4 rings (SSSR count). The largest absolute Gasteiger partial charge is 0.497 e. The normalized spacial score (nSPS) is 14.8. The Morgan fingerprint density at radius 1 is 1.07 bits per heavy atom. The summed E-state index contributed by atoms with van der Waals surface area (Å²) >= 11 is 1.03. The van der Waals surface area contributed by atoms with Crippen molar-refractivity contribution in [1.29, 1.82) is 0 Å². The zero-order valence-corrected chi connectivity index (χ0v) is 23.5. The summed E-state index contributed by atoms with van der Waals surface area (Å²) in [5, 5.41) is 11.9. The van der Waals surface area contributed by atoms with Gasteiger partial charge in [0.2, 0.25) is 0 Å². The molecule has 0 aliphatic carbocycles. The van der Waals surface area contributed by atoms with Crippen molar-refractivity contribution in [2.45, 2.75) is 19.9 Å². The minimum atomic E-state index is -0.970. The van der Waals surface area contributed by atoms with E-state index in [0.717, 1.165) is 11.3 Å². The molecule has 2 aromatic carbocycles. The average molecular weight is 570 g/mol. The zero-order chi connectivity index (χ0) is 29.1. The molecular formula is C27H27N3O9S. The number of nitro groups is 1. The van der Waals surface area contributed by atoms with Gasteiger partial charge in [-0.15, -0.1) is 0 Å². The molecule has 13 heteroatoms. The average Bonchev–Trinajstić information content (AvgIpc) is 3.25. The van der Waals surface area contributed by atoms with Crippen LogP contribution in [0.5, 0.6) is 23.0 Å². The number of nitrogens with zero attached hydrogens (tertiary/aromatic N) is 3. The highest BCUT2D eigenvalue weighted by atomic mass is 32.1. The van der Waals surface area contributed by atoms with Crippen molar-refractivity contribution in [2.75, 3.05) is 35.0 Å². The molecule has 1 aliphatic heterocycles. The lowest BCUT2D eigenvalue weighted by molar-refractivity contribution is -0.385. The number of thiazole rings is 1. The van der Waals surface area contributed by atoms with E-state index in [0.29, 0.717) is 27.6 Å². The van der Waals surface area contributed by atoms with Crippen molar-refractivity contribution < 1.29 is 33.4 Å². The van der Waals surface area contributed by atoms with Crippen molar-refractivity contribution in [1.82, 2.24) is 4.57 Å². The summed E-state index contributed by atoms with van der Waals surface area (Å²) in [4.78, 5) is 43.3. The summed E-state index contributed by atoms with van der Waals surface area (Å²) in [6.07, 6.45) is 1.40. The van der Waals surface area contributed by atoms with E-state index in [-0.39, 0.29) is 39.5 Å². The first kappa shape index (κ1) is 28.4. The molecule has 0 unspecified atom stereocenters. The first-order chi connectivity index (χ1) is 19.2. The molecule has 1 aromatic heterocycles. The predicted molar refractivity (Wildman–Crippen MR) is 146 cm³/mol. The van der Waals surface area contributed by atoms with E-state index < -0.39 is 22.5 Å². The van der Waals surface area contributed by atoms with E-state index in [9.17, 15) is 19.7 Å². The van der Waals surface area contributed by atoms with Crippen molar-refractivity contribution >= 4 is 29.1 Å². The van der Waals surface area contributed by atoms with Crippen LogP contribution in [0.25, 0.3) is 6.08 Å². The number of carbonyl (C=O) groups excluding carboxylic acids is 1. The fourth-order valence-corrected chi connectivity index (χ4v) is 5.48. The van der Waals surface area contributed by atoms with Crippen LogP contribution in [-0.4, -0.2) is 50.5 Å². The number of aromatic nitrogens is 1. The second-order valence-corrected chi connectivity index (χ2v) is 9.44. The number of fused-ring (bicyclic) bond motifs is 1. The summed E-state index contributed by atoms with van der Waals surface area (Å²) < 4.78 is 28.3. The van der Waals surface area contributed by atoms with Crippen LogP contribution in [0.3, 0.4) is 0 Å². The summed E-state index contributed by atoms with van der Waals surface area (Å²) in [6, 6.07) is 6.74. The quantitative estimate of drug-likeness (QED) is 0.216. The number of methoxy groups -OCH3 is 4. The van der Waals surface area contributed by atoms with Crippen molar-refractivity contribution in [2.24, 2.45) is 4.99 Å². The highest BCUT2D eigenvalue weighted by Gasteiger charge is 2.35. The Kier molecular flexibility index (Phi) is 8.24. The van der Waals surface area contributed by atoms with Gasteiger partial charge < -0.3 is 23.7 Å². The molecule has 2 heterocycles. The third-order valence-corrected chi connectivity index (χ3v) is 7.25. The van der Waals surface area contributed by atoms with E-state index >= 15 is 0 Å². The molecule has 40 heavy (non-hydrogen) atoms. The second-order valence-electron chi connectivity index (χ2n) is 8.43. The Bertz CT molecular complexity index is 1700. The molecule has 0 bridgehead atoms. The van der Waals surface area contributed by atoms with Gasteiger partial charge in [0.15, 0.2) is 16.3 Å². The maximum Gasteiger partial charge on any atom is 0.338 e. The van der Waals surface area contributed by atoms with Gasteiger partial charge in [-0.1, -0.05) is 11.3 Å². The van der Waals surface area contributed by atoms with Gasteiger partial charge in [-0.3, -0.25) is 19.5 Å². The Morgan fingerprint density at radius 2 is 1.75 bits per heavy atom. The van der Waals surface area contributed by atoms with Crippen LogP contribution in [0.1, 0.15) is 31.0 Å². The van der Waals surface area contributed by atoms with Crippen molar-refractivity contribution in [3.8, 4) is 23.0 Å². The topological polar surface area (TPSA) is 141 Å². The molecule has 0 saturated carbocycles. The minimum Gasteiger partial charge on any atom is -0.497 e. The number of rotatable bonds is 9. The summed E-state index contributed by atoms with van der Waals surface area (Å²) in [5.74, 6) is 0.687. The zero-order valence-electron chi connectivity index (χ0n) is 22.7. The maximum atomic E-state index is 14.0. The van der Waals surface area contributed by atoms with Crippen LogP contribution in [0.4, 0.5) is 5.69 Å². The lowest BCUT2D eigenvalue weighted by atomic mass is 9.94. The van der Waals surface area contributed by atoms with E-state index in [1.807, 2.05) is 0 Å². The molecule has 0 radical (unpaired) electrons. The van der Waals surface area contributed by atoms with Gasteiger partial charge in [0, 0.05) is 5.56 Å². The molecule has 0 N–H and O–H groups in total. The molecule has 0 amide bonds. The van der Waals surface area contributed by atoms with Gasteiger partial charge in [-0.25, -0.2) is 9.79 Å². The highest BCUT2D eigenvalue weighted by molar-refractivity contribution is 7.07. The van der Waals surface area contributed by atoms with Crippen LogP contribution < -0.4 is 33.8 Å². The lowest BCUT2D eigenvalue weighted by Gasteiger charge is -2.26. The van der Waals surface area contributed by atoms with Crippen LogP contribution in [0.2, 0.25) is 0 Å². The van der Waals surface area contributed by atoms with E-state index in [1.54, 1.807) is 32.0 Å². The molecular weight excluding hydrogens is 542 g/mol. The standard InChI is InChI=1S/C27H27N3O9S/c1-7-39-26(32)23-14(2)28-27-29(24(23)17-12-16(35-3)8-9-19(17)36-4)25(31)22(40-27)11-15-10-20(37-5)21(38-6)13-18(15)30(33)34/h8-13,24H,7H2,1-6H3/b22-11-/t24-/m0/s1. The Balaban J connectivity index is 2.05. The second kappa shape index (κ2) is 11.6. The summed E-state index contributed by atoms with van der Waals surface area (Å²) in [6.45, 7) is 3.45. The van der Waals surface area contributed by atoms with Crippen molar-refractivity contribution in [3.63, 3.8) is 0 Å². The lowest BCUT2D eigenvalue weighted by Crippen LogP contribution is -2.40. The third-order valence-electron chi connectivity index (χ3n) is 6.26. The van der Waals surface area contributed by atoms with Gasteiger partial charge in [0.1, 0.15) is 17.5 Å². The fraction of sp³-hybridized carbons (Fsp3) is 0.296. The summed E-state index contributed by atoms with van der Waals surface area (Å²) in [7, 11) is 5.75. The van der Waals surface area contributed by atoms with Crippen LogP contribution >= 0.6 is 11.3 Å². The SMILES string of the molecule is CCOC(=O)C1=C(C)N=c2s/c(=C\c3cc(OC)c(OC)cc3[N+](=O)[O-])c(=O)n2[C@H]1c1cc(OC)ccc1OC. The smallest absolute Gasteiger partial charge is 0.338 e. The molecule has 1 aliphatic rings. The molecule has 210 valence electrons. The molecule has 1 atom stereocenters. The number of carbonyl (C=O) groups is 1. The Labute approximate surface area is 232 Å². The number of benzene rings is 2. The van der Waals surface area contributed by atoms with Crippen LogP contribution in [-0.2, 0) is 9.53 Å². The van der Waals surface area contributed by atoms with Gasteiger partial charge in [0.25, 0.3) is 11.2 Å². The Hall–Kier alpha value is -4.65. The predicted octanol–water partition coefficient (Wildman–Crippen LogP) is 2.74. The van der Waals surface area contributed by atoms with Crippen molar-refractivity contribution in [3.05, 3.63) is 82.5 Å². The van der Waals surface area contributed by atoms with E-state index in [1.165, 1.54) is 51.2 Å². The number of ether oxygens (including phenoxy) is 5. The van der Waals surface area contributed by atoms with E-state index in [4.69, 9.17) is 23.7 Å². The number of hydrogen-bond donors (Lipinski definition) is 0. The monoisotopic (exact) mass is 569 g/mol. The van der Waals surface area contributed by atoms with Crippen LogP contribution in [0.15, 0.2) is 51.4 Å². The number of hydrogen-bond acceptors (Lipinski definition) is 11. The fourth-order valence-electron chi connectivity index (χ4n) is 4.44. The minimum absolute atomic E-state index is 0.116. The maximum absolute atomic E-state index is 14.0. The number of allylic oxidation sites excluding steroid dienone is 1. The summed E-state index contributed by atoms with van der Waals surface area (Å²) in [5.41, 5.74) is 0.325. The molecule has 0 fully saturated rings. The van der Waals surface area contributed by atoms with Gasteiger partial charge >= 0.3 is 5.97 Å². The highest BCUT2D eigenvalue weighted by Crippen LogP contribution is 2.38. The van der Waals surface area contributed by atoms with E-state index in [2.05, 4.69) is 4.99 Å². The van der Waals surface area contributed by atoms with Crippen LogP contribution in [0, 0.1) is 10.1 Å². The number of esters is 1. The third kappa shape index (κ3) is 5.02. The molecule has 0 saturated heterocycles. The molecule has 3 aromatic rings. The Morgan fingerprint density at radius 3 is 2.35 bits per heavy atom. The van der Waals surface area contributed by atoms with Gasteiger partial charge in [0.05, 0.1) is 67.4 Å². The molecule has 12 nitrogen and oxygen atoms in total. The first-order valence-corrected chi connectivity index (χ1v) is 12.8. The number of nitro benzene ring substituents is 1. The van der Waals surface area contributed by atoms with Gasteiger partial charge in [-0.05, 0) is 44.2 Å². The molecule has 0 spiro atoms. The van der Waals surface area contributed by atoms with Gasteiger partial charge in [-0.2, -0.15) is 0 Å².